The Morgan fingerprint density at radius 1 is 1.00 bits per heavy atom. The summed E-state index contributed by atoms with van der Waals surface area (Å²) in [4.78, 5) is 44.8. The van der Waals surface area contributed by atoms with Crippen molar-refractivity contribution < 1.29 is 24.2 Å². The molecular weight excluding hydrogens is 476 g/mol. The summed E-state index contributed by atoms with van der Waals surface area (Å²) in [5, 5.41) is 11.6. The van der Waals surface area contributed by atoms with Crippen LogP contribution in [0.5, 0.6) is 0 Å². The SMILES string of the molecule is COC(=O)c1ccc([C@@H]2/C(=C(\O)c3ccccc3)C(=O)C(=O)N2c2nc3c(C)cc(C)cc3s2)cc1. The number of Topliss-reactive ketones (excluding diaryl/α,β-unsaturated/α-hetero) is 1. The van der Waals surface area contributed by atoms with Crippen LogP contribution in [0, 0.1) is 13.8 Å². The van der Waals surface area contributed by atoms with Crippen molar-refractivity contribution in [2.75, 3.05) is 12.0 Å². The lowest BCUT2D eigenvalue weighted by Gasteiger charge is -2.23. The molecular formula is C28H22N2O5S. The zero-order chi connectivity index (χ0) is 25.6. The molecule has 8 heteroatoms. The number of rotatable bonds is 4. The molecule has 0 radical (unpaired) electrons. The summed E-state index contributed by atoms with van der Waals surface area (Å²) in [5.41, 5.74) is 4.04. The van der Waals surface area contributed by atoms with Crippen molar-refractivity contribution in [1.82, 2.24) is 4.98 Å². The first kappa shape index (κ1) is 23.4. The number of hydrogen-bond donors (Lipinski definition) is 1. The maximum Gasteiger partial charge on any atom is 0.337 e. The zero-order valence-electron chi connectivity index (χ0n) is 19.8. The van der Waals surface area contributed by atoms with E-state index in [9.17, 15) is 19.5 Å². The number of nitrogens with zero attached hydrogens (tertiary/aromatic N) is 2. The maximum absolute atomic E-state index is 13.4. The largest absolute Gasteiger partial charge is 0.507 e. The van der Waals surface area contributed by atoms with Gasteiger partial charge in [-0.1, -0.05) is 59.9 Å². The Balaban J connectivity index is 1.72. The van der Waals surface area contributed by atoms with Gasteiger partial charge < -0.3 is 9.84 Å². The molecule has 1 aromatic heterocycles. The minimum atomic E-state index is -0.932. The van der Waals surface area contributed by atoms with Crippen molar-refractivity contribution in [2.45, 2.75) is 19.9 Å². The number of ether oxygens (including phenoxy) is 1. The second-order valence-electron chi connectivity index (χ2n) is 8.57. The highest BCUT2D eigenvalue weighted by atomic mass is 32.1. The third-order valence-corrected chi connectivity index (χ3v) is 7.17. The normalized spacial score (nSPS) is 17.1. The van der Waals surface area contributed by atoms with Gasteiger partial charge in [0.2, 0.25) is 0 Å². The van der Waals surface area contributed by atoms with E-state index in [4.69, 9.17) is 9.72 Å². The van der Waals surface area contributed by atoms with Gasteiger partial charge in [0.1, 0.15) is 5.76 Å². The first-order valence-corrected chi connectivity index (χ1v) is 12.0. The van der Waals surface area contributed by atoms with Gasteiger partial charge in [-0.3, -0.25) is 14.5 Å². The topological polar surface area (TPSA) is 96.8 Å². The van der Waals surface area contributed by atoms with E-state index in [2.05, 4.69) is 0 Å². The summed E-state index contributed by atoms with van der Waals surface area (Å²) in [6.45, 7) is 3.94. The second kappa shape index (κ2) is 9.05. The van der Waals surface area contributed by atoms with E-state index in [-0.39, 0.29) is 11.3 Å². The monoisotopic (exact) mass is 498 g/mol. The number of carbonyl (C=O) groups excluding carboxylic acids is 3. The number of esters is 1. The highest BCUT2D eigenvalue weighted by molar-refractivity contribution is 7.22. The van der Waals surface area contributed by atoms with E-state index in [1.807, 2.05) is 26.0 Å². The molecule has 1 fully saturated rings. The van der Waals surface area contributed by atoms with Gasteiger partial charge in [-0.05, 0) is 48.7 Å². The number of anilines is 1. The number of aromatic nitrogens is 1. The highest BCUT2D eigenvalue weighted by Gasteiger charge is 2.48. The fourth-order valence-corrected chi connectivity index (χ4v) is 5.65. The van der Waals surface area contributed by atoms with E-state index < -0.39 is 23.7 Å². The molecule has 0 aliphatic carbocycles. The van der Waals surface area contributed by atoms with E-state index in [0.29, 0.717) is 21.8 Å². The van der Waals surface area contributed by atoms with Crippen LogP contribution in [0.15, 0.2) is 72.3 Å². The van der Waals surface area contributed by atoms with E-state index >= 15 is 0 Å². The molecule has 180 valence electrons. The molecule has 2 heterocycles. The van der Waals surface area contributed by atoms with Crippen molar-refractivity contribution in [3.63, 3.8) is 0 Å². The van der Waals surface area contributed by atoms with E-state index in [1.165, 1.54) is 23.3 Å². The number of ketones is 1. The lowest BCUT2D eigenvalue weighted by atomic mass is 9.95. The first-order valence-electron chi connectivity index (χ1n) is 11.2. The van der Waals surface area contributed by atoms with Crippen LogP contribution in [-0.2, 0) is 14.3 Å². The molecule has 1 aliphatic rings. The number of aliphatic hydroxyl groups excluding tert-OH is 1. The Labute approximate surface area is 211 Å². The van der Waals surface area contributed by atoms with E-state index in [1.54, 1.807) is 54.6 Å². The third-order valence-electron chi connectivity index (χ3n) is 6.16. The third kappa shape index (κ3) is 3.85. The van der Waals surface area contributed by atoms with Crippen LogP contribution in [0.2, 0.25) is 0 Å². The van der Waals surface area contributed by atoms with Gasteiger partial charge in [0.15, 0.2) is 5.13 Å². The molecule has 3 aromatic carbocycles. The van der Waals surface area contributed by atoms with Crippen LogP contribution in [-0.4, -0.2) is 34.9 Å². The van der Waals surface area contributed by atoms with Crippen LogP contribution in [0.4, 0.5) is 5.13 Å². The standard InChI is InChI=1S/C28H22N2O5S/c1-15-13-16(2)22-20(14-15)36-28(29-22)30-23(17-9-11-19(12-10-17)27(34)35-3)21(25(32)26(30)33)24(31)18-7-5-4-6-8-18/h4-14,23,31H,1-3H3/b24-21+/t23-/m1/s1. The number of benzene rings is 3. The van der Waals surface area contributed by atoms with Gasteiger partial charge in [0.05, 0.1) is 34.5 Å². The van der Waals surface area contributed by atoms with Gasteiger partial charge in [-0.25, -0.2) is 9.78 Å². The number of amides is 1. The minimum Gasteiger partial charge on any atom is -0.507 e. The number of aryl methyl sites for hydroxylation is 2. The zero-order valence-corrected chi connectivity index (χ0v) is 20.6. The number of methoxy groups -OCH3 is 1. The summed E-state index contributed by atoms with van der Waals surface area (Å²) in [6.07, 6.45) is 0. The molecule has 1 amide bonds. The molecule has 0 unspecified atom stereocenters. The van der Waals surface area contributed by atoms with Gasteiger partial charge in [0.25, 0.3) is 5.78 Å². The molecule has 5 rings (SSSR count). The quantitative estimate of drug-likeness (QED) is 0.177. The molecule has 0 spiro atoms. The average molecular weight is 499 g/mol. The molecule has 0 bridgehead atoms. The summed E-state index contributed by atoms with van der Waals surface area (Å²) in [7, 11) is 1.29. The average Bonchev–Trinajstić information content (AvgIpc) is 3.42. The number of thiazole rings is 1. The molecule has 1 aliphatic heterocycles. The number of fused-ring (bicyclic) bond motifs is 1. The lowest BCUT2D eigenvalue weighted by Crippen LogP contribution is -2.29. The van der Waals surface area contributed by atoms with Crippen LogP contribution in [0.3, 0.4) is 0 Å². The van der Waals surface area contributed by atoms with Gasteiger partial charge in [0, 0.05) is 5.56 Å². The predicted molar refractivity (Wildman–Crippen MR) is 138 cm³/mol. The van der Waals surface area contributed by atoms with Crippen molar-refractivity contribution in [1.29, 1.82) is 0 Å². The van der Waals surface area contributed by atoms with Crippen molar-refractivity contribution >= 4 is 50.1 Å². The summed E-state index contributed by atoms with van der Waals surface area (Å²) in [5.74, 6) is -2.35. The van der Waals surface area contributed by atoms with E-state index in [0.717, 1.165) is 21.3 Å². The smallest absolute Gasteiger partial charge is 0.337 e. The number of hydrogen-bond acceptors (Lipinski definition) is 7. The second-order valence-corrected chi connectivity index (χ2v) is 9.58. The van der Waals surface area contributed by atoms with Crippen molar-refractivity contribution in [2.24, 2.45) is 0 Å². The highest BCUT2D eigenvalue weighted by Crippen LogP contribution is 2.44. The van der Waals surface area contributed by atoms with Gasteiger partial charge in [-0.15, -0.1) is 0 Å². The maximum atomic E-state index is 13.4. The molecule has 0 saturated carbocycles. The number of aliphatic hydroxyl groups is 1. The Bertz CT molecular complexity index is 1550. The van der Waals surface area contributed by atoms with Crippen LogP contribution in [0.25, 0.3) is 16.0 Å². The summed E-state index contributed by atoms with van der Waals surface area (Å²) in [6, 6.07) is 18.1. The van der Waals surface area contributed by atoms with Gasteiger partial charge in [-0.2, -0.15) is 0 Å². The molecule has 1 atom stereocenters. The number of carbonyl (C=O) groups is 3. The first-order chi connectivity index (χ1) is 17.3. The minimum absolute atomic E-state index is 0.0378. The summed E-state index contributed by atoms with van der Waals surface area (Å²) >= 11 is 1.31. The fraction of sp³-hybridized carbons (Fsp3) is 0.143. The van der Waals surface area contributed by atoms with Crippen LogP contribution in [0.1, 0.15) is 38.7 Å². The van der Waals surface area contributed by atoms with Crippen molar-refractivity contribution in [3.8, 4) is 0 Å². The van der Waals surface area contributed by atoms with Crippen molar-refractivity contribution in [3.05, 3.63) is 100 Å². The fourth-order valence-electron chi connectivity index (χ4n) is 4.48. The Kier molecular flexibility index (Phi) is 5.89. The molecule has 4 aromatic rings. The Morgan fingerprint density at radius 3 is 2.36 bits per heavy atom. The summed E-state index contributed by atoms with van der Waals surface area (Å²) < 4.78 is 5.68. The molecule has 1 N–H and O–H groups in total. The van der Waals surface area contributed by atoms with Gasteiger partial charge >= 0.3 is 11.9 Å². The van der Waals surface area contributed by atoms with Crippen LogP contribution >= 0.6 is 11.3 Å². The lowest BCUT2D eigenvalue weighted by molar-refractivity contribution is -0.132. The Morgan fingerprint density at radius 2 is 1.69 bits per heavy atom. The molecule has 1 saturated heterocycles. The Hall–Kier alpha value is -4.30. The van der Waals surface area contributed by atoms with Crippen LogP contribution < -0.4 is 4.90 Å². The molecule has 7 nitrogen and oxygen atoms in total. The predicted octanol–water partition coefficient (Wildman–Crippen LogP) is 5.33. The molecule has 36 heavy (non-hydrogen) atoms.